The van der Waals surface area contributed by atoms with Gasteiger partial charge in [-0.2, -0.15) is 5.10 Å². The van der Waals surface area contributed by atoms with Crippen LogP contribution in [0.3, 0.4) is 0 Å². The first-order chi connectivity index (χ1) is 12.0. The van der Waals surface area contributed by atoms with E-state index < -0.39 is 11.9 Å². The van der Waals surface area contributed by atoms with Gasteiger partial charge >= 0.3 is 5.97 Å². The molecule has 1 saturated heterocycles. The van der Waals surface area contributed by atoms with Crippen LogP contribution >= 0.6 is 11.8 Å². The first-order valence-electron chi connectivity index (χ1n) is 7.69. The van der Waals surface area contributed by atoms with Crippen LogP contribution in [0.2, 0.25) is 0 Å². The minimum Gasteiger partial charge on any atom is -0.490 e. The molecule has 0 bridgehead atoms. The summed E-state index contributed by atoms with van der Waals surface area (Å²) in [7, 11) is 1.25. The van der Waals surface area contributed by atoms with Crippen molar-refractivity contribution < 1.29 is 19.1 Å². The Morgan fingerprint density at radius 3 is 2.88 bits per heavy atom. The van der Waals surface area contributed by atoms with Crippen LogP contribution in [0.5, 0.6) is 5.75 Å². The molecule has 1 aliphatic rings. The number of nitrogens with zero attached hydrogens (tertiary/aromatic N) is 2. The summed E-state index contributed by atoms with van der Waals surface area (Å²) in [6, 6.07) is 7.49. The van der Waals surface area contributed by atoms with Gasteiger partial charge in [-0.1, -0.05) is 19.1 Å². The topological polar surface area (TPSA) is 89.4 Å². The number of methoxy groups -OCH3 is 1. The third kappa shape index (κ3) is 5.46. The fourth-order valence-electron chi connectivity index (χ4n) is 1.78. The van der Waals surface area contributed by atoms with E-state index in [1.54, 1.807) is 6.21 Å². The number of hydrogen-bond acceptors (Lipinski definition) is 7. The Morgan fingerprint density at radius 2 is 2.16 bits per heavy atom. The number of para-hydroxylation sites is 1. The molecule has 0 spiro atoms. The highest BCUT2D eigenvalue weighted by Crippen LogP contribution is 2.23. The van der Waals surface area contributed by atoms with Gasteiger partial charge in [0.2, 0.25) is 0 Å². The van der Waals surface area contributed by atoms with Crippen molar-refractivity contribution in [1.29, 1.82) is 0 Å². The molecular weight excluding hydrogens is 342 g/mol. The fourth-order valence-corrected chi connectivity index (χ4v) is 2.52. The largest absolute Gasteiger partial charge is 0.490 e. The van der Waals surface area contributed by atoms with Crippen molar-refractivity contribution in [3.63, 3.8) is 0 Å². The highest BCUT2D eigenvalue weighted by molar-refractivity contribution is 8.18. The lowest BCUT2D eigenvalue weighted by Crippen LogP contribution is -2.19. The zero-order chi connectivity index (χ0) is 18.2. The summed E-state index contributed by atoms with van der Waals surface area (Å²) in [5, 5.41) is 10.8. The van der Waals surface area contributed by atoms with E-state index in [1.807, 2.05) is 38.1 Å². The molecule has 1 unspecified atom stereocenters. The fraction of sp³-hybridized carbons (Fsp3) is 0.294. The molecule has 7 nitrogen and oxygen atoms in total. The number of nitrogens with one attached hydrogen (secondary N) is 1. The predicted octanol–water partition coefficient (Wildman–Crippen LogP) is 2.47. The van der Waals surface area contributed by atoms with Crippen molar-refractivity contribution in [1.82, 2.24) is 5.32 Å². The van der Waals surface area contributed by atoms with Crippen molar-refractivity contribution in [2.75, 3.05) is 7.11 Å². The maximum atomic E-state index is 11.7. The van der Waals surface area contributed by atoms with E-state index in [4.69, 9.17) is 4.74 Å². The van der Waals surface area contributed by atoms with Gasteiger partial charge in [-0.3, -0.25) is 10.1 Å². The van der Waals surface area contributed by atoms with Crippen molar-refractivity contribution in [3.8, 4) is 5.75 Å². The molecule has 1 fully saturated rings. The summed E-state index contributed by atoms with van der Waals surface area (Å²) in [5.41, 5.74) is 0.784. The predicted molar refractivity (Wildman–Crippen MR) is 97.7 cm³/mol. The van der Waals surface area contributed by atoms with Gasteiger partial charge < -0.3 is 9.47 Å². The lowest BCUT2D eigenvalue weighted by atomic mass is 10.2. The summed E-state index contributed by atoms with van der Waals surface area (Å²) in [5.74, 6) is -0.293. The summed E-state index contributed by atoms with van der Waals surface area (Å²) >= 11 is 1.02. The first-order valence-corrected chi connectivity index (χ1v) is 8.50. The molecule has 1 aliphatic heterocycles. The Hall–Kier alpha value is -2.61. The van der Waals surface area contributed by atoms with Gasteiger partial charge in [-0.05, 0) is 37.2 Å². The summed E-state index contributed by atoms with van der Waals surface area (Å²) in [6.45, 7) is 4.04. The van der Waals surface area contributed by atoms with E-state index >= 15 is 0 Å². The van der Waals surface area contributed by atoms with Crippen LogP contribution in [0.4, 0.5) is 0 Å². The number of esters is 1. The third-order valence-corrected chi connectivity index (χ3v) is 4.17. The number of hydrogen-bond donors (Lipinski definition) is 1. The Morgan fingerprint density at radius 1 is 1.40 bits per heavy atom. The molecule has 2 rings (SSSR count). The number of amidine groups is 1. The Kier molecular flexibility index (Phi) is 6.76. The molecule has 1 atom stereocenters. The zero-order valence-electron chi connectivity index (χ0n) is 14.2. The molecular formula is C17H19N3O4S. The number of amides is 1. The third-order valence-electron chi connectivity index (χ3n) is 3.27. The molecule has 0 aliphatic carbocycles. The molecule has 1 aromatic carbocycles. The van der Waals surface area contributed by atoms with Crippen LogP contribution in [0, 0.1) is 0 Å². The Bertz CT molecular complexity index is 743. The quantitative estimate of drug-likeness (QED) is 0.364. The minimum absolute atomic E-state index is 0.0940. The van der Waals surface area contributed by atoms with Gasteiger partial charge in [0.15, 0.2) is 5.17 Å². The van der Waals surface area contributed by atoms with E-state index in [2.05, 4.69) is 20.3 Å². The monoisotopic (exact) mass is 361 g/mol. The number of thioether (sulfide) groups is 1. The number of ether oxygens (including phenoxy) is 2. The van der Waals surface area contributed by atoms with Crippen LogP contribution in [0.15, 0.2) is 45.4 Å². The molecule has 1 aromatic rings. The highest BCUT2D eigenvalue weighted by atomic mass is 32.2. The van der Waals surface area contributed by atoms with Crippen LogP contribution in [0.1, 0.15) is 25.8 Å². The maximum Gasteiger partial charge on any atom is 0.331 e. The number of carbonyl (C=O) groups excluding carboxylic acids is 2. The number of rotatable bonds is 6. The van der Waals surface area contributed by atoms with Crippen LogP contribution < -0.4 is 10.1 Å². The van der Waals surface area contributed by atoms with Crippen LogP contribution in [0.25, 0.3) is 0 Å². The van der Waals surface area contributed by atoms with E-state index in [-0.39, 0.29) is 16.2 Å². The van der Waals surface area contributed by atoms with E-state index in [1.165, 1.54) is 7.11 Å². The van der Waals surface area contributed by atoms with Crippen LogP contribution in [-0.2, 0) is 14.3 Å². The average Bonchev–Trinajstić information content (AvgIpc) is 2.95. The van der Waals surface area contributed by atoms with Crippen molar-refractivity contribution >= 4 is 35.0 Å². The standard InChI is InChI=1S/C17H19N3O4S/c1-4-11(2)24-13-8-6-5-7-12(13)10-18-20-17-19-16(22)14(25-17)9-15(21)23-3/h5-11H,4H2,1-3H3,(H,19,20,22)/b14-9+,18-10?. The molecule has 1 heterocycles. The van der Waals surface area contributed by atoms with Crippen molar-refractivity contribution in [3.05, 3.63) is 40.8 Å². The van der Waals surface area contributed by atoms with Gasteiger partial charge in [0, 0.05) is 11.6 Å². The Labute approximate surface area is 150 Å². The minimum atomic E-state index is -0.599. The number of benzene rings is 1. The van der Waals surface area contributed by atoms with Crippen molar-refractivity contribution in [2.45, 2.75) is 26.4 Å². The molecule has 25 heavy (non-hydrogen) atoms. The summed E-state index contributed by atoms with van der Waals surface area (Å²) < 4.78 is 10.3. The number of carbonyl (C=O) groups is 2. The van der Waals surface area contributed by atoms with Gasteiger partial charge in [-0.25, -0.2) is 4.79 Å². The first kappa shape index (κ1) is 18.7. The molecule has 8 heteroatoms. The SMILES string of the molecule is CCC(C)Oc1ccccc1C=N/N=C1/NC(=O)/C(=C\C(=O)OC)S1. The molecule has 0 saturated carbocycles. The molecule has 1 amide bonds. The van der Waals surface area contributed by atoms with Crippen molar-refractivity contribution in [2.24, 2.45) is 10.2 Å². The second-order valence-electron chi connectivity index (χ2n) is 5.11. The molecule has 0 aromatic heterocycles. The Balaban J connectivity index is 2.09. The van der Waals surface area contributed by atoms with Gasteiger partial charge in [0.05, 0.1) is 24.3 Å². The van der Waals surface area contributed by atoms with Gasteiger partial charge in [0.1, 0.15) is 5.75 Å². The maximum absolute atomic E-state index is 11.7. The lowest BCUT2D eigenvalue weighted by Gasteiger charge is -2.14. The lowest BCUT2D eigenvalue weighted by molar-refractivity contribution is -0.135. The van der Waals surface area contributed by atoms with Crippen LogP contribution in [-0.4, -0.2) is 36.5 Å². The smallest absolute Gasteiger partial charge is 0.331 e. The molecule has 1 N–H and O–H groups in total. The average molecular weight is 361 g/mol. The second-order valence-corrected chi connectivity index (χ2v) is 6.14. The summed E-state index contributed by atoms with van der Waals surface area (Å²) in [4.78, 5) is 23.1. The van der Waals surface area contributed by atoms with E-state index in [9.17, 15) is 9.59 Å². The van der Waals surface area contributed by atoms with E-state index in [0.29, 0.717) is 0 Å². The second kappa shape index (κ2) is 9.03. The zero-order valence-corrected chi connectivity index (χ0v) is 15.0. The summed E-state index contributed by atoms with van der Waals surface area (Å²) in [6.07, 6.45) is 3.66. The molecule has 0 radical (unpaired) electrons. The highest BCUT2D eigenvalue weighted by Gasteiger charge is 2.25. The van der Waals surface area contributed by atoms with Gasteiger partial charge in [0.25, 0.3) is 5.91 Å². The van der Waals surface area contributed by atoms with Gasteiger partial charge in [-0.15, -0.1) is 5.10 Å². The normalized spacial score (nSPS) is 18.6. The molecule has 132 valence electrons. The van der Waals surface area contributed by atoms with E-state index in [0.717, 1.165) is 35.6 Å².